The summed E-state index contributed by atoms with van der Waals surface area (Å²) in [7, 11) is 0. The van der Waals surface area contributed by atoms with Gasteiger partial charge in [0, 0.05) is 17.5 Å². The molecule has 1 aliphatic rings. The van der Waals surface area contributed by atoms with Crippen molar-refractivity contribution < 1.29 is 9.84 Å². The van der Waals surface area contributed by atoms with Crippen LogP contribution in [0.25, 0.3) is 0 Å². The highest BCUT2D eigenvalue weighted by molar-refractivity contribution is 9.10. The number of aryl methyl sites for hydroxylation is 1. The largest absolute Gasteiger partial charge is 0.490 e. The fourth-order valence-corrected chi connectivity index (χ4v) is 2.58. The molecule has 0 radical (unpaired) electrons. The van der Waals surface area contributed by atoms with Gasteiger partial charge in [0.2, 0.25) is 0 Å². The highest BCUT2D eigenvalue weighted by atomic mass is 79.9. The van der Waals surface area contributed by atoms with E-state index in [4.69, 9.17) is 9.84 Å². The van der Waals surface area contributed by atoms with E-state index in [2.05, 4.69) is 35.0 Å². The lowest BCUT2D eigenvalue weighted by molar-refractivity contribution is 0.251. The molecule has 15 heavy (non-hydrogen) atoms. The van der Waals surface area contributed by atoms with Gasteiger partial charge in [0.15, 0.2) is 0 Å². The molecule has 0 bridgehead atoms. The first-order valence-corrected chi connectivity index (χ1v) is 6.09. The van der Waals surface area contributed by atoms with Gasteiger partial charge in [-0.2, -0.15) is 0 Å². The Morgan fingerprint density at radius 3 is 3.07 bits per heavy atom. The summed E-state index contributed by atoms with van der Waals surface area (Å²) in [6.07, 6.45) is 2.94. The van der Waals surface area contributed by atoms with Gasteiger partial charge in [0.05, 0.1) is 0 Å². The van der Waals surface area contributed by atoms with E-state index in [9.17, 15) is 0 Å². The lowest BCUT2D eigenvalue weighted by Crippen LogP contribution is -2.06. The van der Waals surface area contributed by atoms with Crippen LogP contribution >= 0.6 is 15.9 Å². The third-order valence-electron chi connectivity index (χ3n) is 2.64. The zero-order valence-electron chi connectivity index (χ0n) is 8.79. The molecule has 0 amide bonds. The smallest absolute Gasteiger partial charge is 0.126 e. The first-order chi connectivity index (χ1) is 7.20. The Bertz CT molecular complexity index is 363. The van der Waals surface area contributed by atoms with Gasteiger partial charge in [-0.15, -0.1) is 0 Å². The maximum atomic E-state index is 8.84. The third-order valence-corrected chi connectivity index (χ3v) is 3.10. The van der Waals surface area contributed by atoms with E-state index in [1.165, 1.54) is 11.1 Å². The van der Waals surface area contributed by atoms with Gasteiger partial charge in [0.1, 0.15) is 11.9 Å². The van der Waals surface area contributed by atoms with Gasteiger partial charge in [-0.25, -0.2) is 0 Å². The predicted octanol–water partition coefficient (Wildman–Crippen LogP) is 2.70. The summed E-state index contributed by atoms with van der Waals surface area (Å²) < 4.78 is 6.89. The fourth-order valence-electron chi connectivity index (χ4n) is 2.02. The van der Waals surface area contributed by atoms with Crippen molar-refractivity contribution in [3.63, 3.8) is 0 Å². The summed E-state index contributed by atoms with van der Waals surface area (Å²) in [5.41, 5.74) is 2.49. The molecule has 0 saturated carbocycles. The van der Waals surface area contributed by atoms with Crippen LogP contribution in [0.3, 0.4) is 0 Å². The molecular weight excluding hydrogens is 256 g/mol. The van der Waals surface area contributed by atoms with Crippen molar-refractivity contribution in [1.82, 2.24) is 0 Å². The first kappa shape index (κ1) is 11.0. The molecule has 1 N–H and O–H groups in total. The lowest BCUT2D eigenvalue weighted by atomic mass is 10.0. The van der Waals surface area contributed by atoms with E-state index in [0.717, 1.165) is 29.5 Å². The molecule has 1 heterocycles. The van der Waals surface area contributed by atoms with Gasteiger partial charge < -0.3 is 9.84 Å². The Hall–Kier alpha value is -0.540. The second-order valence-electron chi connectivity index (χ2n) is 4.01. The van der Waals surface area contributed by atoms with Gasteiger partial charge in [-0.3, -0.25) is 0 Å². The molecule has 0 aromatic heterocycles. The molecule has 0 spiro atoms. The number of benzene rings is 1. The number of aliphatic hydroxyl groups is 1. The highest BCUT2D eigenvalue weighted by Crippen LogP contribution is 2.35. The minimum absolute atomic E-state index is 0.233. The number of ether oxygens (including phenoxy) is 1. The van der Waals surface area contributed by atoms with E-state index >= 15 is 0 Å². The molecule has 0 aliphatic carbocycles. The molecule has 1 aromatic carbocycles. The second-order valence-corrected chi connectivity index (χ2v) is 4.93. The van der Waals surface area contributed by atoms with Crippen LogP contribution in [0.2, 0.25) is 0 Å². The molecule has 1 aliphatic heterocycles. The molecule has 1 atom stereocenters. The zero-order valence-corrected chi connectivity index (χ0v) is 10.4. The Balaban J connectivity index is 2.30. The molecule has 1 aromatic rings. The lowest BCUT2D eigenvalue weighted by Gasteiger charge is -2.09. The summed E-state index contributed by atoms with van der Waals surface area (Å²) in [5, 5.41) is 8.84. The van der Waals surface area contributed by atoms with Crippen LogP contribution in [0.4, 0.5) is 0 Å². The van der Waals surface area contributed by atoms with Crippen LogP contribution in [0.15, 0.2) is 16.6 Å². The van der Waals surface area contributed by atoms with Crippen LogP contribution in [-0.4, -0.2) is 17.8 Å². The molecule has 0 fully saturated rings. The van der Waals surface area contributed by atoms with Crippen molar-refractivity contribution in [2.75, 3.05) is 6.61 Å². The number of rotatable bonds is 3. The van der Waals surface area contributed by atoms with Crippen molar-refractivity contribution in [3.8, 4) is 5.75 Å². The maximum Gasteiger partial charge on any atom is 0.126 e. The van der Waals surface area contributed by atoms with Gasteiger partial charge in [0.25, 0.3) is 0 Å². The number of hydrogen-bond donors (Lipinski definition) is 1. The molecule has 1 unspecified atom stereocenters. The molecule has 3 heteroatoms. The van der Waals surface area contributed by atoms with E-state index in [1.54, 1.807) is 0 Å². The Kier molecular flexibility index (Phi) is 3.32. The zero-order chi connectivity index (χ0) is 10.8. The van der Waals surface area contributed by atoms with Crippen LogP contribution in [0, 0.1) is 0 Å². The Morgan fingerprint density at radius 1 is 1.53 bits per heavy atom. The summed E-state index contributed by atoms with van der Waals surface area (Å²) in [5.74, 6) is 1.04. The number of halogens is 1. The van der Waals surface area contributed by atoms with Gasteiger partial charge >= 0.3 is 0 Å². The van der Waals surface area contributed by atoms with Gasteiger partial charge in [-0.05, 0) is 43.0 Å². The number of fused-ring (bicyclic) bond motifs is 1. The van der Waals surface area contributed by atoms with Crippen LogP contribution in [0.1, 0.15) is 24.5 Å². The van der Waals surface area contributed by atoms with Crippen molar-refractivity contribution in [2.45, 2.75) is 32.3 Å². The second kappa shape index (κ2) is 4.54. The van der Waals surface area contributed by atoms with Crippen molar-refractivity contribution in [1.29, 1.82) is 0 Å². The van der Waals surface area contributed by atoms with Crippen molar-refractivity contribution in [3.05, 3.63) is 27.7 Å². The molecular formula is C12H15BrO2. The van der Waals surface area contributed by atoms with E-state index in [0.29, 0.717) is 0 Å². The summed E-state index contributed by atoms with van der Waals surface area (Å²) in [6, 6.07) is 4.22. The average Bonchev–Trinajstić information content (AvgIpc) is 2.54. The quantitative estimate of drug-likeness (QED) is 0.915. The van der Waals surface area contributed by atoms with Gasteiger partial charge in [-0.1, -0.05) is 15.9 Å². The van der Waals surface area contributed by atoms with Crippen LogP contribution < -0.4 is 4.74 Å². The normalized spacial score (nSPS) is 18.7. The number of aliphatic hydroxyl groups excluding tert-OH is 1. The Labute approximate surface area is 98.4 Å². The van der Waals surface area contributed by atoms with E-state index < -0.39 is 0 Å². The molecule has 2 nitrogen and oxygen atoms in total. The molecule has 0 saturated heterocycles. The Morgan fingerprint density at radius 2 is 2.33 bits per heavy atom. The first-order valence-electron chi connectivity index (χ1n) is 5.29. The van der Waals surface area contributed by atoms with Crippen LogP contribution in [0.5, 0.6) is 5.75 Å². The summed E-state index contributed by atoms with van der Waals surface area (Å²) in [4.78, 5) is 0. The van der Waals surface area contributed by atoms with Crippen molar-refractivity contribution >= 4 is 15.9 Å². The number of hydrogen-bond acceptors (Lipinski definition) is 2. The fraction of sp³-hybridized carbons (Fsp3) is 0.500. The minimum atomic E-state index is 0.233. The standard InChI is InChI=1S/C12H15BrO2/c1-8-5-10-7-11(13)6-9(3-2-4-14)12(10)15-8/h6-8,14H,2-5H2,1H3. The summed E-state index contributed by atoms with van der Waals surface area (Å²) >= 11 is 3.51. The SMILES string of the molecule is CC1Cc2cc(Br)cc(CCCO)c2O1. The monoisotopic (exact) mass is 270 g/mol. The molecule has 2 rings (SSSR count). The highest BCUT2D eigenvalue weighted by Gasteiger charge is 2.22. The predicted molar refractivity (Wildman–Crippen MR) is 63.3 cm³/mol. The topological polar surface area (TPSA) is 29.5 Å². The van der Waals surface area contributed by atoms with Crippen LogP contribution in [-0.2, 0) is 12.8 Å². The van der Waals surface area contributed by atoms with E-state index in [-0.39, 0.29) is 12.7 Å². The minimum Gasteiger partial charge on any atom is -0.490 e. The average molecular weight is 271 g/mol. The maximum absolute atomic E-state index is 8.84. The third kappa shape index (κ3) is 2.34. The summed E-state index contributed by atoms with van der Waals surface area (Å²) in [6.45, 7) is 2.32. The molecule has 82 valence electrons. The van der Waals surface area contributed by atoms with E-state index in [1.807, 2.05) is 0 Å². The van der Waals surface area contributed by atoms with Crippen molar-refractivity contribution in [2.24, 2.45) is 0 Å².